The van der Waals surface area contributed by atoms with Gasteiger partial charge in [-0.25, -0.2) is 13.1 Å². The number of nitrogens with zero attached hydrogens (tertiary/aromatic N) is 1. The molecule has 0 spiro atoms. The van der Waals surface area contributed by atoms with Crippen molar-refractivity contribution in [2.75, 3.05) is 26.0 Å². The molecule has 2 aromatic rings. The van der Waals surface area contributed by atoms with Crippen molar-refractivity contribution in [3.8, 4) is 0 Å². The van der Waals surface area contributed by atoms with Crippen LogP contribution in [0.3, 0.4) is 0 Å². The number of nitrogens with one attached hydrogen (secondary N) is 2. The Morgan fingerprint density at radius 3 is 2.27 bits per heavy atom. The van der Waals surface area contributed by atoms with Crippen molar-refractivity contribution in [2.45, 2.75) is 17.9 Å². The Hall–Kier alpha value is -1.93. The van der Waals surface area contributed by atoms with E-state index < -0.39 is 10.0 Å². The minimum absolute atomic E-state index is 0.128. The van der Waals surface area contributed by atoms with E-state index in [2.05, 4.69) is 10.0 Å². The quantitative estimate of drug-likeness (QED) is 0.755. The Kier molecular flexibility index (Phi) is 6.77. The van der Waals surface area contributed by atoms with E-state index >= 15 is 0 Å². The molecule has 0 bridgehead atoms. The number of rotatable bonds is 7. The first-order valence-electron chi connectivity index (χ1n) is 7.99. The van der Waals surface area contributed by atoms with E-state index in [0.29, 0.717) is 10.7 Å². The molecule has 0 aliphatic rings. The molecule has 2 rings (SSSR count). The highest BCUT2D eigenvalue weighted by atomic mass is 35.5. The minimum Gasteiger partial charge on any atom is -0.326 e. The van der Waals surface area contributed by atoms with Crippen LogP contribution in [0, 0.1) is 0 Å². The summed E-state index contributed by atoms with van der Waals surface area (Å²) in [7, 11) is 0.0438. The van der Waals surface area contributed by atoms with Crippen molar-refractivity contribution in [1.29, 1.82) is 0 Å². The van der Waals surface area contributed by atoms with Crippen LogP contribution in [0.25, 0.3) is 0 Å². The topological polar surface area (TPSA) is 78.5 Å². The van der Waals surface area contributed by atoms with Gasteiger partial charge < -0.3 is 10.2 Å². The third kappa shape index (κ3) is 5.28. The van der Waals surface area contributed by atoms with Crippen molar-refractivity contribution in [3.05, 3.63) is 59.1 Å². The molecule has 1 atom stereocenters. The number of likely N-dealkylation sites (N-methyl/N-ethyl adjacent to an activating group) is 1. The van der Waals surface area contributed by atoms with Crippen LogP contribution in [-0.2, 0) is 14.8 Å². The molecule has 0 aliphatic heterocycles. The lowest BCUT2D eigenvalue weighted by atomic mass is 10.1. The molecule has 2 aromatic carbocycles. The number of anilines is 1. The molecule has 0 aromatic heterocycles. The molecule has 8 heteroatoms. The van der Waals surface area contributed by atoms with Crippen LogP contribution in [0.15, 0.2) is 53.4 Å². The number of carbonyl (C=O) groups is 1. The molecule has 6 nitrogen and oxygen atoms in total. The van der Waals surface area contributed by atoms with Gasteiger partial charge in [0.1, 0.15) is 0 Å². The number of sulfonamides is 1. The van der Waals surface area contributed by atoms with Gasteiger partial charge in [-0.05, 0) is 50.0 Å². The first-order chi connectivity index (χ1) is 12.2. The second-order valence-corrected chi connectivity index (χ2v) is 8.23. The summed E-state index contributed by atoms with van der Waals surface area (Å²) in [5.41, 5.74) is 1.39. The van der Waals surface area contributed by atoms with E-state index in [9.17, 15) is 13.2 Å². The summed E-state index contributed by atoms with van der Waals surface area (Å²) in [6.45, 7) is 1.56. The third-order valence-electron chi connectivity index (χ3n) is 3.84. The summed E-state index contributed by atoms with van der Waals surface area (Å²) in [4.78, 5) is 13.1. The van der Waals surface area contributed by atoms with Crippen LogP contribution < -0.4 is 10.0 Å². The van der Waals surface area contributed by atoms with Gasteiger partial charge in [0.2, 0.25) is 15.9 Å². The number of hydrogen-bond donors (Lipinski definition) is 2. The van der Waals surface area contributed by atoms with E-state index in [-0.39, 0.29) is 23.4 Å². The van der Waals surface area contributed by atoms with Gasteiger partial charge in [0, 0.05) is 30.2 Å². The third-order valence-corrected chi connectivity index (χ3v) is 5.62. The van der Waals surface area contributed by atoms with Gasteiger partial charge in [0.15, 0.2) is 0 Å². The van der Waals surface area contributed by atoms with Crippen LogP contribution in [0.4, 0.5) is 5.69 Å². The first-order valence-corrected chi connectivity index (χ1v) is 9.85. The highest BCUT2D eigenvalue weighted by Gasteiger charge is 2.21. The standard InChI is InChI=1S/C18H22ClN3O3S/c1-13(23)21-14-8-10-15(11-9-14)26(24,25)20-12-18(22(2)3)16-6-4-5-7-17(16)19/h4-11,18,20H,12H2,1-3H3,(H,21,23). The Bertz CT molecular complexity index is 868. The summed E-state index contributed by atoms with van der Waals surface area (Å²) in [5, 5.41) is 3.19. The summed E-state index contributed by atoms with van der Waals surface area (Å²) in [5.74, 6) is -0.215. The molecule has 2 N–H and O–H groups in total. The smallest absolute Gasteiger partial charge is 0.240 e. The van der Waals surface area contributed by atoms with Gasteiger partial charge in [-0.1, -0.05) is 29.8 Å². The van der Waals surface area contributed by atoms with Gasteiger partial charge in [0.25, 0.3) is 0 Å². The van der Waals surface area contributed by atoms with E-state index in [4.69, 9.17) is 11.6 Å². The molecule has 0 radical (unpaired) electrons. The van der Waals surface area contributed by atoms with Crippen molar-refractivity contribution in [1.82, 2.24) is 9.62 Å². The largest absolute Gasteiger partial charge is 0.326 e. The van der Waals surface area contributed by atoms with E-state index in [1.54, 1.807) is 18.2 Å². The average molecular weight is 396 g/mol. The number of halogens is 1. The van der Waals surface area contributed by atoms with Gasteiger partial charge in [-0.3, -0.25) is 4.79 Å². The van der Waals surface area contributed by atoms with Crippen LogP contribution in [0.2, 0.25) is 5.02 Å². The summed E-state index contributed by atoms with van der Waals surface area (Å²) in [6, 6.07) is 13.2. The second kappa shape index (κ2) is 8.64. The first kappa shape index (κ1) is 20.4. The molecule has 0 heterocycles. The molecule has 0 fully saturated rings. The zero-order valence-corrected chi connectivity index (χ0v) is 16.4. The highest BCUT2D eigenvalue weighted by molar-refractivity contribution is 7.89. The second-order valence-electron chi connectivity index (χ2n) is 6.06. The normalized spacial score (nSPS) is 12.8. The van der Waals surface area contributed by atoms with E-state index in [1.807, 2.05) is 37.2 Å². The van der Waals surface area contributed by atoms with E-state index in [1.165, 1.54) is 19.1 Å². The van der Waals surface area contributed by atoms with Crippen LogP contribution in [-0.4, -0.2) is 39.9 Å². The summed E-state index contributed by atoms with van der Waals surface area (Å²) >= 11 is 6.25. The summed E-state index contributed by atoms with van der Waals surface area (Å²) in [6.07, 6.45) is 0. The maximum Gasteiger partial charge on any atom is 0.240 e. The number of carbonyl (C=O) groups excluding carboxylic acids is 1. The Labute approximate surface area is 159 Å². The maximum absolute atomic E-state index is 12.6. The average Bonchev–Trinajstić information content (AvgIpc) is 2.56. The Morgan fingerprint density at radius 2 is 1.73 bits per heavy atom. The van der Waals surface area contributed by atoms with Gasteiger partial charge in [0.05, 0.1) is 4.90 Å². The minimum atomic E-state index is -3.69. The molecule has 26 heavy (non-hydrogen) atoms. The monoisotopic (exact) mass is 395 g/mol. The van der Waals surface area contributed by atoms with Crippen molar-refractivity contribution < 1.29 is 13.2 Å². The van der Waals surface area contributed by atoms with Crippen molar-refractivity contribution in [3.63, 3.8) is 0 Å². The fourth-order valence-corrected chi connectivity index (χ4v) is 3.81. The molecule has 140 valence electrons. The van der Waals surface area contributed by atoms with E-state index in [0.717, 1.165) is 5.56 Å². The van der Waals surface area contributed by atoms with Crippen LogP contribution in [0.1, 0.15) is 18.5 Å². The molecule has 1 unspecified atom stereocenters. The van der Waals surface area contributed by atoms with Crippen LogP contribution >= 0.6 is 11.6 Å². The lowest BCUT2D eigenvalue weighted by Gasteiger charge is -2.26. The molecular weight excluding hydrogens is 374 g/mol. The lowest BCUT2D eigenvalue weighted by Crippen LogP contribution is -2.34. The number of hydrogen-bond acceptors (Lipinski definition) is 4. The lowest BCUT2D eigenvalue weighted by molar-refractivity contribution is -0.114. The molecular formula is C18H22ClN3O3S. The zero-order chi connectivity index (χ0) is 19.3. The molecule has 1 amide bonds. The van der Waals surface area contributed by atoms with Crippen molar-refractivity contribution >= 4 is 33.2 Å². The SMILES string of the molecule is CC(=O)Nc1ccc(S(=O)(=O)NCC(c2ccccc2Cl)N(C)C)cc1. The maximum atomic E-state index is 12.6. The zero-order valence-electron chi connectivity index (χ0n) is 14.9. The van der Waals surface area contributed by atoms with Gasteiger partial charge >= 0.3 is 0 Å². The summed E-state index contributed by atoms with van der Waals surface area (Å²) < 4.78 is 27.7. The van der Waals surface area contributed by atoms with Gasteiger partial charge in [-0.2, -0.15) is 0 Å². The highest BCUT2D eigenvalue weighted by Crippen LogP contribution is 2.26. The molecule has 0 saturated carbocycles. The fraction of sp³-hybridized carbons (Fsp3) is 0.278. The van der Waals surface area contributed by atoms with Crippen molar-refractivity contribution in [2.24, 2.45) is 0 Å². The van der Waals surface area contributed by atoms with Gasteiger partial charge in [-0.15, -0.1) is 0 Å². The Morgan fingerprint density at radius 1 is 1.12 bits per heavy atom. The number of benzene rings is 2. The molecule has 0 aliphatic carbocycles. The predicted molar refractivity (Wildman–Crippen MR) is 104 cm³/mol. The predicted octanol–water partition coefficient (Wildman–Crippen LogP) is 2.88. The Balaban J connectivity index is 2.15. The van der Waals surface area contributed by atoms with Crippen LogP contribution in [0.5, 0.6) is 0 Å². The number of amides is 1. The molecule has 0 saturated heterocycles. The fourth-order valence-electron chi connectivity index (χ4n) is 2.51.